The predicted molar refractivity (Wildman–Crippen MR) is 87.5 cm³/mol. The molecule has 7 nitrogen and oxygen atoms in total. The minimum Gasteiger partial charge on any atom is -0.311 e. The molecule has 0 unspecified atom stereocenters. The maximum absolute atomic E-state index is 13.0. The normalized spacial score (nSPS) is 10.1. The van der Waals surface area contributed by atoms with Gasteiger partial charge in [0, 0.05) is 25.8 Å². The Balaban J connectivity index is 2.46. The van der Waals surface area contributed by atoms with Crippen molar-refractivity contribution < 1.29 is 14.0 Å². The lowest BCUT2D eigenvalue weighted by Gasteiger charge is -2.13. The van der Waals surface area contributed by atoms with E-state index in [0.717, 1.165) is 5.56 Å². The highest BCUT2D eigenvalue weighted by Crippen LogP contribution is 2.30. The van der Waals surface area contributed by atoms with Gasteiger partial charge >= 0.3 is 0 Å². The number of hydrogen-bond acceptors (Lipinski definition) is 5. The van der Waals surface area contributed by atoms with Crippen LogP contribution in [0.2, 0.25) is 0 Å². The average Bonchev–Trinajstić information content (AvgIpc) is 2.50. The van der Waals surface area contributed by atoms with Gasteiger partial charge in [0.2, 0.25) is 11.8 Å². The van der Waals surface area contributed by atoms with Crippen LogP contribution in [0.4, 0.5) is 21.7 Å². The highest BCUT2D eigenvalue weighted by atomic mass is 19.1. The Morgan fingerprint density at radius 3 is 2.21 bits per heavy atom. The first-order valence-electron chi connectivity index (χ1n) is 7.06. The van der Waals surface area contributed by atoms with Crippen LogP contribution >= 0.6 is 0 Å². The third-order valence-corrected chi connectivity index (χ3v) is 3.08. The third-order valence-electron chi connectivity index (χ3n) is 3.08. The van der Waals surface area contributed by atoms with Crippen molar-refractivity contribution >= 4 is 29.1 Å². The van der Waals surface area contributed by atoms with Crippen LogP contribution in [0.15, 0.2) is 35.5 Å². The molecule has 2 amide bonds. The number of anilines is 2. The van der Waals surface area contributed by atoms with Gasteiger partial charge in [-0.3, -0.25) is 9.59 Å². The van der Waals surface area contributed by atoms with Crippen LogP contribution in [0, 0.1) is 10.7 Å². The maximum atomic E-state index is 13.0. The second-order valence-corrected chi connectivity index (χ2v) is 5.12. The molecule has 0 aliphatic heterocycles. The zero-order chi connectivity index (χ0) is 17.7. The van der Waals surface area contributed by atoms with Crippen molar-refractivity contribution in [3.63, 3.8) is 0 Å². The third kappa shape index (κ3) is 4.42. The Morgan fingerprint density at radius 1 is 1.08 bits per heavy atom. The molecule has 0 saturated carbocycles. The van der Waals surface area contributed by atoms with Gasteiger partial charge in [-0.15, -0.1) is 4.91 Å². The van der Waals surface area contributed by atoms with E-state index in [1.165, 1.54) is 32.0 Å². The minimum atomic E-state index is -0.424. The van der Waals surface area contributed by atoms with Crippen molar-refractivity contribution in [1.29, 1.82) is 0 Å². The summed E-state index contributed by atoms with van der Waals surface area (Å²) in [6.07, 6.45) is 0.297. The van der Waals surface area contributed by atoms with Crippen molar-refractivity contribution in [2.45, 2.75) is 20.3 Å². The Labute approximate surface area is 137 Å². The van der Waals surface area contributed by atoms with Crippen LogP contribution in [0.3, 0.4) is 0 Å². The molecule has 24 heavy (non-hydrogen) atoms. The molecule has 0 atom stereocenters. The smallest absolute Gasteiger partial charge is 0.222 e. The summed E-state index contributed by atoms with van der Waals surface area (Å²) in [6, 6.07) is 7.22. The standard InChI is InChI=1S/C16H15FN4O3/c1-9(22)18-15-12(7-11-3-5-13(17)6-4-11)8-14(21-24)16(20-15)19-10(2)23/h3-6,8H,7H2,1-2H3,(H2,18,19,20,22,23). The van der Waals surface area contributed by atoms with E-state index in [9.17, 15) is 18.9 Å². The summed E-state index contributed by atoms with van der Waals surface area (Å²) in [5.74, 6) is -0.988. The number of aromatic nitrogens is 1. The first-order chi connectivity index (χ1) is 11.4. The zero-order valence-electron chi connectivity index (χ0n) is 13.1. The zero-order valence-corrected chi connectivity index (χ0v) is 13.1. The Bertz CT molecular complexity index is 791. The molecule has 124 valence electrons. The topological polar surface area (TPSA) is 101 Å². The molecule has 1 aromatic carbocycles. The quantitative estimate of drug-likeness (QED) is 0.822. The van der Waals surface area contributed by atoms with Crippen LogP contribution < -0.4 is 10.6 Å². The number of nitroso groups, excluding NO2 is 1. The van der Waals surface area contributed by atoms with Gasteiger partial charge in [-0.1, -0.05) is 12.1 Å². The van der Waals surface area contributed by atoms with Gasteiger partial charge in [0.25, 0.3) is 0 Å². The van der Waals surface area contributed by atoms with Crippen molar-refractivity contribution in [3.05, 3.63) is 52.2 Å². The lowest BCUT2D eigenvalue weighted by Crippen LogP contribution is -2.14. The van der Waals surface area contributed by atoms with Crippen LogP contribution in [0.5, 0.6) is 0 Å². The van der Waals surface area contributed by atoms with Gasteiger partial charge in [0.05, 0.1) is 0 Å². The molecule has 2 aromatic rings. The first kappa shape index (κ1) is 17.2. The molecule has 0 spiro atoms. The number of nitrogens with one attached hydrogen (secondary N) is 2. The minimum absolute atomic E-state index is 0.0379. The van der Waals surface area contributed by atoms with Gasteiger partial charge in [-0.2, -0.15) is 0 Å². The average molecular weight is 330 g/mol. The fourth-order valence-corrected chi connectivity index (χ4v) is 2.10. The molecule has 8 heteroatoms. The van der Waals surface area contributed by atoms with Crippen LogP contribution in [0.25, 0.3) is 0 Å². The van der Waals surface area contributed by atoms with E-state index in [4.69, 9.17) is 0 Å². The van der Waals surface area contributed by atoms with Gasteiger partial charge < -0.3 is 10.6 Å². The van der Waals surface area contributed by atoms with Crippen molar-refractivity contribution in [3.8, 4) is 0 Å². The Morgan fingerprint density at radius 2 is 1.67 bits per heavy atom. The predicted octanol–water partition coefficient (Wildman–Crippen LogP) is 3.13. The van der Waals surface area contributed by atoms with Crippen molar-refractivity contribution in [1.82, 2.24) is 4.98 Å². The summed E-state index contributed by atoms with van der Waals surface area (Å²) < 4.78 is 13.0. The van der Waals surface area contributed by atoms with E-state index in [0.29, 0.717) is 12.0 Å². The van der Waals surface area contributed by atoms with E-state index < -0.39 is 5.91 Å². The fourth-order valence-electron chi connectivity index (χ4n) is 2.10. The van der Waals surface area contributed by atoms with Gasteiger partial charge in [0.15, 0.2) is 11.5 Å². The molecule has 1 aromatic heterocycles. The van der Waals surface area contributed by atoms with E-state index in [2.05, 4.69) is 20.8 Å². The maximum Gasteiger partial charge on any atom is 0.222 e. The second kappa shape index (κ2) is 7.40. The number of halogens is 1. The largest absolute Gasteiger partial charge is 0.311 e. The second-order valence-electron chi connectivity index (χ2n) is 5.12. The molecule has 1 heterocycles. The molecule has 0 aliphatic rings. The van der Waals surface area contributed by atoms with Crippen LogP contribution in [-0.4, -0.2) is 16.8 Å². The number of nitrogens with zero attached hydrogens (tertiary/aromatic N) is 2. The van der Waals surface area contributed by atoms with Gasteiger partial charge in [-0.05, 0) is 28.9 Å². The highest BCUT2D eigenvalue weighted by Gasteiger charge is 2.15. The van der Waals surface area contributed by atoms with Gasteiger partial charge in [0.1, 0.15) is 11.6 Å². The molecule has 0 fully saturated rings. The SMILES string of the molecule is CC(=O)Nc1nc(NC(C)=O)c(N=O)cc1Cc1ccc(F)cc1. The number of rotatable bonds is 5. The van der Waals surface area contributed by atoms with E-state index in [1.807, 2.05) is 0 Å². The number of amides is 2. The number of hydrogen-bond donors (Lipinski definition) is 2. The Kier molecular flexibility index (Phi) is 5.31. The lowest BCUT2D eigenvalue weighted by atomic mass is 10.0. The van der Waals surface area contributed by atoms with Crippen molar-refractivity contribution in [2.75, 3.05) is 10.6 Å². The first-order valence-corrected chi connectivity index (χ1v) is 7.06. The molecule has 2 N–H and O–H groups in total. The summed E-state index contributed by atoms with van der Waals surface area (Å²) in [7, 11) is 0. The Hall–Kier alpha value is -3.16. The summed E-state index contributed by atoms with van der Waals surface area (Å²) in [5.41, 5.74) is 1.21. The summed E-state index contributed by atoms with van der Waals surface area (Å²) in [4.78, 5) is 37.7. The van der Waals surface area contributed by atoms with E-state index >= 15 is 0 Å². The van der Waals surface area contributed by atoms with Crippen molar-refractivity contribution in [2.24, 2.45) is 5.18 Å². The number of carbonyl (C=O) groups is 2. The number of benzene rings is 1. The summed E-state index contributed by atoms with van der Waals surface area (Å²) >= 11 is 0. The number of carbonyl (C=O) groups excluding carboxylic acids is 2. The molecular weight excluding hydrogens is 315 g/mol. The number of pyridine rings is 1. The molecule has 0 aliphatic carbocycles. The van der Waals surface area contributed by atoms with Gasteiger partial charge in [-0.25, -0.2) is 9.37 Å². The fraction of sp³-hybridized carbons (Fsp3) is 0.188. The molecule has 0 radical (unpaired) electrons. The summed E-state index contributed by atoms with van der Waals surface area (Å²) in [6.45, 7) is 2.58. The molecular formula is C16H15FN4O3. The molecule has 0 saturated heterocycles. The van der Waals surface area contributed by atoms with E-state index in [-0.39, 0.29) is 29.0 Å². The van der Waals surface area contributed by atoms with Crippen LogP contribution in [-0.2, 0) is 16.0 Å². The molecule has 2 rings (SSSR count). The highest BCUT2D eigenvalue weighted by molar-refractivity contribution is 5.93. The molecule has 0 bridgehead atoms. The lowest BCUT2D eigenvalue weighted by molar-refractivity contribution is -0.115. The van der Waals surface area contributed by atoms with Crippen LogP contribution in [0.1, 0.15) is 25.0 Å². The van der Waals surface area contributed by atoms with E-state index in [1.54, 1.807) is 12.1 Å². The monoisotopic (exact) mass is 330 g/mol. The summed E-state index contributed by atoms with van der Waals surface area (Å²) in [5, 5.41) is 7.80.